The Morgan fingerprint density at radius 2 is 2.00 bits per heavy atom. The molecule has 2 saturated heterocycles. The molecule has 0 aliphatic carbocycles. The van der Waals surface area contributed by atoms with Crippen LogP contribution in [0.4, 0.5) is 11.5 Å². The maximum absolute atomic E-state index is 13.1. The number of nitrogens with zero attached hydrogens (tertiary/aromatic N) is 4. The number of piperidine rings is 1. The molecule has 1 aromatic heterocycles. The third-order valence-electron chi connectivity index (χ3n) is 6.53. The number of piperazine rings is 1. The van der Waals surface area contributed by atoms with Gasteiger partial charge in [-0.2, -0.15) is 0 Å². The SMILES string of the molecule is O=C1COc2ccc(C(=O)N3CCCC(CN4CCN(c5ccccn5)CC4)C3)cc2N1. The molecule has 2 amide bonds. The molecule has 1 unspecified atom stereocenters. The molecule has 8 nitrogen and oxygen atoms in total. The minimum atomic E-state index is -0.191. The first-order valence-electron chi connectivity index (χ1n) is 11.4. The van der Waals surface area contributed by atoms with Gasteiger partial charge in [0.25, 0.3) is 11.8 Å². The lowest BCUT2D eigenvalue weighted by molar-refractivity contribution is -0.118. The molecule has 168 valence electrons. The van der Waals surface area contributed by atoms with E-state index in [1.807, 2.05) is 23.2 Å². The van der Waals surface area contributed by atoms with Gasteiger partial charge < -0.3 is 19.9 Å². The Labute approximate surface area is 188 Å². The maximum atomic E-state index is 13.1. The average Bonchev–Trinajstić information content (AvgIpc) is 2.84. The van der Waals surface area contributed by atoms with E-state index in [4.69, 9.17) is 4.74 Å². The summed E-state index contributed by atoms with van der Waals surface area (Å²) in [6.07, 6.45) is 4.02. The van der Waals surface area contributed by atoms with E-state index in [1.54, 1.807) is 18.2 Å². The molecule has 32 heavy (non-hydrogen) atoms. The Bertz CT molecular complexity index is 975. The van der Waals surface area contributed by atoms with E-state index in [1.165, 1.54) is 0 Å². The number of nitrogens with one attached hydrogen (secondary N) is 1. The van der Waals surface area contributed by atoms with Gasteiger partial charge in [-0.25, -0.2) is 4.98 Å². The van der Waals surface area contributed by atoms with Crippen LogP contribution in [0.25, 0.3) is 0 Å². The fraction of sp³-hybridized carbons (Fsp3) is 0.458. The molecule has 2 fully saturated rings. The largest absolute Gasteiger partial charge is 0.482 e. The number of pyridine rings is 1. The van der Waals surface area contributed by atoms with Gasteiger partial charge in [0.2, 0.25) is 0 Å². The summed E-state index contributed by atoms with van der Waals surface area (Å²) < 4.78 is 5.40. The summed E-state index contributed by atoms with van der Waals surface area (Å²) in [5, 5.41) is 2.79. The lowest BCUT2D eigenvalue weighted by Gasteiger charge is -2.39. The Balaban J connectivity index is 1.16. The molecule has 1 N–H and O–H groups in total. The molecule has 5 rings (SSSR count). The lowest BCUT2D eigenvalue weighted by Crippen LogP contribution is -2.50. The average molecular weight is 436 g/mol. The number of aromatic nitrogens is 1. The highest BCUT2D eigenvalue weighted by Crippen LogP contribution is 2.29. The van der Waals surface area contributed by atoms with Crippen LogP contribution in [0.2, 0.25) is 0 Å². The second-order valence-corrected chi connectivity index (χ2v) is 8.78. The smallest absolute Gasteiger partial charge is 0.262 e. The monoisotopic (exact) mass is 435 g/mol. The van der Waals surface area contributed by atoms with E-state index >= 15 is 0 Å². The summed E-state index contributed by atoms with van der Waals surface area (Å²) >= 11 is 0. The quantitative estimate of drug-likeness (QED) is 0.793. The Morgan fingerprint density at radius 1 is 1.12 bits per heavy atom. The third-order valence-corrected chi connectivity index (χ3v) is 6.53. The molecule has 0 radical (unpaired) electrons. The van der Waals surface area contributed by atoms with Crippen molar-refractivity contribution in [3.8, 4) is 5.75 Å². The number of ether oxygens (including phenoxy) is 1. The molecule has 1 atom stereocenters. The Hall–Kier alpha value is -3.13. The molecular formula is C24H29N5O3. The first-order chi connectivity index (χ1) is 15.7. The van der Waals surface area contributed by atoms with E-state index in [0.29, 0.717) is 22.9 Å². The number of hydrogen-bond acceptors (Lipinski definition) is 6. The highest BCUT2D eigenvalue weighted by atomic mass is 16.5. The first kappa shape index (κ1) is 20.8. The molecule has 3 aliphatic rings. The van der Waals surface area contributed by atoms with Crippen LogP contribution in [-0.2, 0) is 4.79 Å². The normalized spacial score (nSPS) is 21.5. The van der Waals surface area contributed by atoms with Crippen molar-refractivity contribution in [2.75, 3.05) is 62.6 Å². The fourth-order valence-electron chi connectivity index (χ4n) is 4.86. The van der Waals surface area contributed by atoms with Crippen molar-refractivity contribution in [2.24, 2.45) is 5.92 Å². The van der Waals surface area contributed by atoms with E-state index in [0.717, 1.165) is 64.5 Å². The number of anilines is 2. The highest BCUT2D eigenvalue weighted by Gasteiger charge is 2.28. The topological polar surface area (TPSA) is 78.0 Å². The van der Waals surface area contributed by atoms with Crippen molar-refractivity contribution >= 4 is 23.3 Å². The van der Waals surface area contributed by atoms with Gasteiger partial charge in [0, 0.05) is 57.6 Å². The van der Waals surface area contributed by atoms with Gasteiger partial charge in [-0.1, -0.05) is 6.07 Å². The van der Waals surface area contributed by atoms with Crippen molar-refractivity contribution in [3.63, 3.8) is 0 Å². The number of benzene rings is 1. The van der Waals surface area contributed by atoms with Crippen molar-refractivity contribution < 1.29 is 14.3 Å². The van der Waals surface area contributed by atoms with Crippen LogP contribution in [0, 0.1) is 5.92 Å². The van der Waals surface area contributed by atoms with Crippen LogP contribution in [-0.4, -0.2) is 79.0 Å². The zero-order chi connectivity index (χ0) is 21.9. The summed E-state index contributed by atoms with van der Waals surface area (Å²) in [6, 6.07) is 11.3. The van der Waals surface area contributed by atoms with Gasteiger partial charge in [0.15, 0.2) is 6.61 Å². The predicted molar refractivity (Wildman–Crippen MR) is 122 cm³/mol. The van der Waals surface area contributed by atoms with E-state index in [2.05, 4.69) is 26.2 Å². The molecule has 0 bridgehead atoms. The Kier molecular flexibility index (Phi) is 5.94. The zero-order valence-electron chi connectivity index (χ0n) is 18.2. The van der Waals surface area contributed by atoms with Crippen LogP contribution in [0.3, 0.4) is 0 Å². The van der Waals surface area contributed by atoms with E-state index in [-0.39, 0.29) is 18.4 Å². The fourth-order valence-corrected chi connectivity index (χ4v) is 4.86. The molecular weight excluding hydrogens is 406 g/mol. The van der Waals surface area contributed by atoms with Crippen LogP contribution < -0.4 is 15.0 Å². The molecule has 0 saturated carbocycles. The van der Waals surface area contributed by atoms with Crippen LogP contribution in [0.5, 0.6) is 5.75 Å². The van der Waals surface area contributed by atoms with Gasteiger partial charge in [-0.3, -0.25) is 14.5 Å². The number of rotatable bonds is 4. The third kappa shape index (κ3) is 4.55. The Morgan fingerprint density at radius 3 is 2.81 bits per heavy atom. The van der Waals surface area contributed by atoms with Gasteiger partial charge in [-0.15, -0.1) is 0 Å². The summed E-state index contributed by atoms with van der Waals surface area (Å²) in [6.45, 7) is 6.60. The molecule has 0 spiro atoms. The minimum Gasteiger partial charge on any atom is -0.482 e. The van der Waals surface area contributed by atoms with Gasteiger partial charge in [0.1, 0.15) is 11.6 Å². The lowest BCUT2D eigenvalue weighted by atomic mass is 9.96. The summed E-state index contributed by atoms with van der Waals surface area (Å²) in [5.74, 6) is 1.98. The number of hydrogen-bond donors (Lipinski definition) is 1. The molecule has 3 aliphatic heterocycles. The van der Waals surface area contributed by atoms with Gasteiger partial charge >= 0.3 is 0 Å². The summed E-state index contributed by atoms with van der Waals surface area (Å²) in [5.41, 5.74) is 1.17. The van der Waals surface area contributed by atoms with Crippen molar-refractivity contribution in [1.82, 2.24) is 14.8 Å². The summed E-state index contributed by atoms with van der Waals surface area (Å²) in [4.78, 5) is 36.0. The number of likely N-dealkylation sites (tertiary alicyclic amines) is 1. The van der Waals surface area contributed by atoms with Gasteiger partial charge in [-0.05, 0) is 49.1 Å². The molecule has 8 heteroatoms. The van der Waals surface area contributed by atoms with Crippen LogP contribution >= 0.6 is 0 Å². The molecule has 4 heterocycles. The number of carbonyl (C=O) groups is 2. The van der Waals surface area contributed by atoms with Crippen LogP contribution in [0.15, 0.2) is 42.6 Å². The molecule has 2 aromatic rings. The molecule has 1 aromatic carbocycles. The second kappa shape index (κ2) is 9.16. The maximum Gasteiger partial charge on any atom is 0.262 e. The van der Waals surface area contributed by atoms with Crippen molar-refractivity contribution in [2.45, 2.75) is 12.8 Å². The zero-order valence-corrected chi connectivity index (χ0v) is 18.2. The predicted octanol–water partition coefficient (Wildman–Crippen LogP) is 2.09. The number of carbonyl (C=O) groups excluding carboxylic acids is 2. The second-order valence-electron chi connectivity index (χ2n) is 8.78. The number of fused-ring (bicyclic) bond motifs is 1. The van der Waals surface area contributed by atoms with Crippen LogP contribution in [0.1, 0.15) is 23.2 Å². The first-order valence-corrected chi connectivity index (χ1v) is 11.4. The van der Waals surface area contributed by atoms with Crippen molar-refractivity contribution in [3.05, 3.63) is 48.2 Å². The van der Waals surface area contributed by atoms with Gasteiger partial charge in [0.05, 0.1) is 5.69 Å². The summed E-state index contributed by atoms with van der Waals surface area (Å²) in [7, 11) is 0. The standard InChI is InChI=1S/C24H29N5O3/c30-23-17-32-21-7-6-19(14-20(21)26-23)24(31)29-9-3-4-18(16-29)15-27-10-12-28(13-11-27)22-5-1-2-8-25-22/h1-2,5-8,14,18H,3-4,9-13,15-17H2,(H,26,30). The van der Waals surface area contributed by atoms with Crippen molar-refractivity contribution in [1.29, 1.82) is 0 Å². The minimum absolute atomic E-state index is 0.0181. The van der Waals surface area contributed by atoms with E-state index in [9.17, 15) is 9.59 Å². The van der Waals surface area contributed by atoms with E-state index < -0.39 is 0 Å². The number of amides is 2. The highest BCUT2D eigenvalue weighted by molar-refractivity contribution is 5.99.